The predicted octanol–water partition coefficient (Wildman–Crippen LogP) is 3.27. The zero-order valence-corrected chi connectivity index (χ0v) is 13.6. The highest BCUT2D eigenvalue weighted by molar-refractivity contribution is 6.31. The quantitative estimate of drug-likeness (QED) is 0.607. The molecular formula is C17H21ClN2O2. The molecule has 0 radical (unpaired) electrons. The Bertz CT molecular complexity index is 632. The number of nitrogen functional groups attached to an aromatic ring is 1. The number of nitrogens with one attached hydrogen (secondary N) is 1. The van der Waals surface area contributed by atoms with E-state index in [-0.39, 0.29) is 0 Å². The minimum absolute atomic E-state index is 0.556. The number of rotatable bonds is 7. The van der Waals surface area contributed by atoms with E-state index in [0.717, 1.165) is 30.8 Å². The van der Waals surface area contributed by atoms with Crippen LogP contribution in [-0.4, -0.2) is 20.8 Å². The summed E-state index contributed by atoms with van der Waals surface area (Å²) in [5.41, 5.74) is 8.58. The van der Waals surface area contributed by atoms with Crippen molar-refractivity contribution < 1.29 is 9.47 Å². The SMILES string of the molecule is COc1cccc(CNCCc2cc(OC)c(N)cc2Cl)c1. The van der Waals surface area contributed by atoms with Gasteiger partial charge < -0.3 is 20.5 Å². The fourth-order valence-corrected chi connectivity index (χ4v) is 2.48. The molecule has 118 valence electrons. The molecule has 0 fully saturated rings. The first-order chi connectivity index (χ1) is 10.6. The van der Waals surface area contributed by atoms with Gasteiger partial charge in [-0.15, -0.1) is 0 Å². The van der Waals surface area contributed by atoms with Crippen molar-refractivity contribution in [2.75, 3.05) is 26.5 Å². The number of methoxy groups -OCH3 is 2. The summed E-state index contributed by atoms with van der Waals surface area (Å²) in [6.45, 7) is 1.59. The maximum Gasteiger partial charge on any atom is 0.142 e. The average Bonchev–Trinajstić information content (AvgIpc) is 2.53. The molecule has 0 aliphatic rings. The third-order valence-corrected chi connectivity index (χ3v) is 3.78. The van der Waals surface area contributed by atoms with Crippen LogP contribution < -0.4 is 20.5 Å². The van der Waals surface area contributed by atoms with Crippen molar-refractivity contribution in [2.45, 2.75) is 13.0 Å². The Labute approximate surface area is 136 Å². The summed E-state index contributed by atoms with van der Waals surface area (Å²) in [4.78, 5) is 0. The molecule has 0 unspecified atom stereocenters. The number of ether oxygens (including phenoxy) is 2. The van der Waals surface area contributed by atoms with E-state index < -0.39 is 0 Å². The molecule has 0 heterocycles. The first-order valence-corrected chi connectivity index (χ1v) is 7.47. The van der Waals surface area contributed by atoms with Crippen LogP contribution in [0.2, 0.25) is 5.02 Å². The van der Waals surface area contributed by atoms with Gasteiger partial charge in [0.1, 0.15) is 11.5 Å². The fourth-order valence-electron chi connectivity index (χ4n) is 2.22. The van der Waals surface area contributed by atoms with Crippen molar-refractivity contribution in [1.29, 1.82) is 0 Å². The summed E-state index contributed by atoms with van der Waals surface area (Å²) in [5.74, 6) is 1.53. The molecule has 2 aromatic rings. The Kier molecular flexibility index (Phi) is 5.92. The van der Waals surface area contributed by atoms with Gasteiger partial charge in [-0.2, -0.15) is 0 Å². The highest BCUT2D eigenvalue weighted by Gasteiger charge is 2.07. The standard InChI is InChI=1S/C17H21ClN2O2/c1-21-14-5-3-4-12(8-14)11-20-7-6-13-9-17(22-2)16(19)10-15(13)18/h3-5,8-10,20H,6-7,11,19H2,1-2H3. The van der Waals surface area contributed by atoms with E-state index in [1.54, 1.807) is 20.3 Å². The third kappa shape index (κ3) is 4.29. The molecule has 2 rings (SSSR count). The molecule has 0 aliphatic carbocycles. The number of hydrogen-bond acceptors (Lipinski definition) is 4. The zero-order valence-electron chi connectivity index (χ0n) is 12.9. The molecule has 0 aliphatic heterocycles. The van der Waals surface area contributed by atoms with E-state index in [4.69, 9.17) is 26.8 Å². The maximum atomic E-state index is 6.21. The lowest BCUT2D eigenvalue weighted by atomic mass is 10.1. The average molecular weight is 321 g/mol. The second kappa shape index (κ2) is 7.92. The monoisotopic (exact) mass is 320 g/mol. The minimum atomic E-state index is 0.556. The predicted molar refractivity (Wildman–Crippen MR) is 90.8 cm³/mol. The topological polar surface area (TPSA) is 56.5 Å². The molecule has 4 nitrogen and oxygen atoms in total. The Hall–Kier alpha value is -1.91. The molecule has 2 aromatic carbocycles. The lowest BCUT2D eigenvalue weighted by Crippen LogP contribution is -2.17. The first-order valence-electron chi connectivity index (χ1n) is 7.09. The molecule has 0 amide bonds. The summed E-state index contributed by atoms with van der Waals surface area (Å²) >= 11 is 6.21. The van der Waals surface area contributed by atoms with Crippen LogP contribution in [0.15, 0.2) is 36.4 Å². The number of benzene rings is 2. The van der Waals surface area contributed by atoms with E-state index in [9.17, 15) is 0 Å². The van der Waals surface area contributed by atoms with Crippen LogP contribution in [0, 0.1) is 0 Å². The maximum absolute atomic E-state index is 6.21. The summed E-state index contributed by atoms with van der Waals surface area (Å²) in [5, 5.41) is 4.06. The van der Waals surface area contributed by atoms with Gasteiger partial charge in [-0.1, -0.05) is 23.7 Å². The summed E-state index contributed by atoms with van der Waals surface area (Å²) in [6, 6.07) is 11.6. The Balaban J connectivity index is 1.88. The van der Waals surface area contributed by atoms with E-state index in [0.29, 0.717) is 16.5 Å². The molecular weight excluding hydrogens is 300 g/mol. The van der Waals surface area contributed by atoms with Crippen LogP contribution >= 0.6 is 11.6 Å². The van der Waals surface area contributed by atoms with Crippen molar-refractivity contribution in [1.82, 2.24) is 5.32 Å². The number of halogens is 1. The summed E-state index contributed by atoms with van der Waals surface area (Å²) in [7, 11) is 3.27. The number of anilines is 1. The van der Waals surface area contributed by atoms with E-state index in [1.165, 1.54) is 5.56 Å². The Morgan fingerprint density at radius 1 is 1.14 bits per heavy atom. The van der Waals surface area contributed by atoms with E-state index in [2.05, 4.69) is 11.4 Å². The van der Waals surface area contributed by atoms with Gasteiger partial charge in [-0.05, 0) is 48.4 Å². The van der Waals surface area contributed by atoms with Crippen LogP contribution in [0.4, 0.5) is 5.69 Å². The van der Waals surface area contributed by atoms with Crippen LogP contribution in [0.1, 0.15) is 11.1 Å². The van der Waals surface area contributed by atoms with Crippen LogP contribution in [0.25, 0.3) is 0 Å². The highest BCUT2D eigenvalue weighted by Crippen LogP contribution is 2.29. The van der Waals surface area contributed by atoms with Crippen molar-refractivity contribution in [3.8, 4) is 11.5 Å². The van der Waals surface area contributed by atoms with Gasteiger partial charge >= 0.3 is 0 Å². The second-order valence-corrected chi connectivity index (χ2v) is 5.37. The summed E-state index contributed by atoms with van der Waals surface area (Å²) in [6.07, 6.45) is 0.805. The van der Waals surface area contributed by atoms with Crippen LogP contribution in [0.3, 0.4) is 0 Å². The molecule has 3 N–H and O–H groups in total. The summed E-state index contributed by atoms with van der Waals surface area (Å²) < 4.78 is 10.4. The lowest BCUT2D eigenvalue weighted by Gasteiger charge is -2.11. The van der Waals surface area contributed by atoms with Crippen molar-refractivity contribution in [3.63, 3.8) is 0 Å². The molecule has 5 heteroatoms. The molecule has 0 spiro atoms. The first kappa shape index (κ1) is 16.5. The van der Waals surface area contributed by atoms with E-state index >= 15 is 0 Å². The normalized spacial score (nSPS) is 10.5. The van der Waals surface area contributed by atoms with Gasteiger partial charge in [0.2, 0.25) is 0 Å². The molecule has 0 aromatic heterocycles. The second-order valence-electron chi connectivity index (χ2n) is 4.96. The van der Waals surface area contributed by atoms with E-state index in [1.807, 2.05) is 24.3 Å². The zero-order chi connectivity index (χ0) is 15.9. The van der Waals surface area contributed by atoms with Gasteiger partial charge in [-0.3, -0.25) is 0 Å². The smallest absolute Gasteiger partial charge is 0.142 e. The molecule has 0 saturated heterocycles. The van der Waals surface area contributed by atoms with Crippen molar-refractivity contribution in [2.24, 2.45) is 0 Å². The van der Waals surface area contributed by atoms with Gasteiger partial charge in [-0.25, -0.2) is 0 Å². The van der Waals surface area contributed by atoms with Gasteiger partial charge in [0.25, 0.3) is 0 Å². The molecule has 0 atom stereocenters. The van der Waals surface area contributed by atoms with Gasteiger partial charge in [0, 0.05) is 11.6 Å². The van der Waals surface area contributed by atoms with Crippen molar-refractivity contribution in [3.05, 3.63) is 52.5 Å². The van der Waals surface area contributed by atoms with Gasteiger partial charge in [0.15, 0.2) is 0 Å². The minimum Gasteiger partial charge on any atom is -0.497 e. The van der Waals surface area contributed by atoms with Crippen LogP contribution in [-0.2, 0) is 13.0 Å². The van der Waals surface area contributed by atoms with Crippen molar-refractivity contribution >= 4 is 17.3 Å². The molecule has 22 heavy (non-hydrogen) atoms. The number of hydrogen-bond donors (Lipinski definition) is 2. The largest absolute Gasteiger partial charge is 0.497 e. The Morgan fingerprint density at radius 3 is 2.68 bits per heavy atom. The number of nitrogens with two attached hydrogens (primary N) is 1. The Morgan fingerprint density at radius 2 is 1.95 bits per heavy atom. The molecule has 0 bridgehead atoms. The highest BCUT2D eigenvalue weighted by atomic mass is 35.5. The van der Waals surface area contributed by atoms with Crippen LogP contribution in [0.5, 0.6) is 11.5 Å². The third-order valence-electron chi connectivity index (χ3n) is 3.43. The molecule has 0 saturated carbocycles. The fraction of sp³-hybridized carbons (Fsp3) is 0.294. The van der Waals surface area contributed by atoms with Gasteiger partial charge in [0.05, 0.1) is 19.9 Å². The lowest BCUT2D eigenvalue weighted by molar-refractivity contribution is 0.414.